The molecule has 0 fully saturated rings. The van der Waals surface area contributed by atoms with Gasteiger partial charge in [-0.25, -0.2) is 8.42 Å². The van der Waals surface area contributed by atoms with Gasteiger partial charge in [0.15, 0.2) is 6.61 Å². The summed E-state index contributed by atoms with van der Waals surface area (Å²) >= 11 is 0. The molecule has 0 heterocycles. The van der Waals surface area contributed by atoms with Crippen molar-refractivity contribution in [2.75, 3.05) is 25.2 Å². The molecule has 0 aliphatic rings. The highest BCUT2D eigenvalue weighted by molar-refractivity contribution is 7.90. The summed E-state index contributed by atoms with van der Waals surface area (Å²) in [7, 11) is -3.06. The molecule has 1 rings (SSSR count). The van der Waals surface area contributed by atoms with Gasteiger partial charge in [-0.1, -0.05) is 12.1 Å². The number of ether oxygens (including phenoxy) is 1. The van der Waals surface area contributed by atoms with Gasteiger partial charge in [0.2, 0.25) is 0 Å². The van der Waals surface area contributed by atoms with E-state index in [0.717, 1.165) is 11.8 Å². The van der Waals surface area contributed by atoms with E-state index in [1.807, 2.05) is 12.1 Å². The van der Waals surface area contributed by atoms with Gasteiger partial charge in [-0.2, -0.15) is 0 Å². The van der Waals surface area contributed by atoms with Crippen molar-refractivity contribution in [1.29, 1.82) is 0 Å². The normalized spacial score (nSPS) is 11.1. The summed E-state index contributed by atoms with van der Waals surface area (Å²) in [6.07, 6.45) is 1.12. The largest absolute Gasteiger partial charge is 0.484 e. The molecule has 19 heavy (non-hydrogen) atoms. The van der Waals surface area contributed by atoms with Crippen molar-refractivity contribution in [3.8, 4) is 5.75 Å². The first-order chi connectivity index (χ1) is 8.90. The van der Waals surface area contributed by atoms with Crippen molar-refractivity contribution in [1.82, 2.24) is 5.32 Å². The van der Waals surface area contributed by atoms with Gasteiger partial charge in [-0.15, -0.1) is 0 Å². The summed E-state index contributed by atoms with van der Waals surface area (Å²) in [5, 5.41) is 2.47. The Morgan fingerprint density at radius 3 is 2.47 bits per heavy atom. The van der Waals surface area contributed by atoms with Gasteiger partial charge in [0.1, 0.15) is 15.6 Å². The van der Waals surface area contributed by atoms with Crippen molar-refractivity contribution in [2.45, 2.75) is 6.54 Å². The lowest BCUT2D eigenvalue weighted by Crippen LogP contribution is -2.32. The van der Waals surface area contributed by atoms with Crippen LogP contribution in [0.5, 0.6) is 5.75 Å². The number of rotatable bonds is 7. The van der Waals surface area contributed by atoms with Crippen LogP contribution < -0.4 is 15.8 Å². The fourth-order valence-electron chi connectivity index (χ4n) is 1.30. The fraction of sp³-hybridized carbons (Fsp3) is 0.417. The van der Waals surface area contributed by atoms with Crippen LogP contribution in [0.3, 0.4) is 0 Å². The third-order valence-electron chi connectivity index (χ3n) is 2.32. The maximum atomic E-state index is 11.4. The molecule has 0 radical (unpaired) electrons. The van der Waals surface area contributed by atoms with E-state index in [-0.39, 0.29) is 24.8 Å². The third-order valence-corrected chi connectivity index (χ3v) is 3.27. The molecule has 3 N–H and O–H groups in total. The number of benzene rings is 1. The van der Waals surface area contributed by atoms with Crippen LogP contribution in [0.15, 0.2) is 24.3 Å². The molecule has 0 aromatic heterocycles. The first-order valence-electron chi connectivity index (χ1n) is 5.77. The summed E-state index contributed by atoms with van der Waals surface area (Å²) in [5.74, 6) is 0.131. The minimum atomic E-state index is -3.06. The molecular formula is C12H18N2O4S. The molecule has 0 spiro atoms. The fourth-order valence-corrected chi connectivity index (χ4v) is 1.77. The van der Waals surface area contributed by atoms with E-state index >= 15 is 0 Å². The number of carbonyl (C=O) groups is 1. The van der Waals surface area contributed by atoms with Crippen molar-refractivity contribution in [3.05, 3.63) is 29.8 Å². The molecule has 1 aromatic carbocycles. The molecule has 0 saturated carbocycles. The lowest BCUT2D eigenvalue weighted by Gasteiger charge is -2.07. The standard InChI is InChI=1S/C12H18N2O4S/c1-19(16,17)7-6-14-12(15)9-18-11-4-2-10(8-13)3-5-11/h2-5H,6-9,13H2,1H3,(H,14,15). The van der Waals surface area contributed by atoms with Crippen LogP contribution in [0, 0.1) is 0 Å². The Balaban J connectivity index is 2.29. The van der Waals surface area contributed by atoms with E-state index in [9.17, 15) is 13.2 Å². The Kier molecular flexibility index (Phi) is 5.78. The Morgan fingerprint density at radius 2 is 1.95 bits per heavy atom. The maximum Gasteiger partial charge on any atom is 0.257 e. The molecule has 106 valence electrons. The molecule has 0 aliphatic heterocycles. The Labute approximate surface area is 112 Å². The maximum absolute atomic E-state index is 11.4. The van der Waals surface area contributed by atoms with Gasteiger partial charge in [-0.05, 0) is 17.7 Å². The topological polar surface area (TPSA) is 98.5 Å². The van der Waals surface area contributed by atoms with E-state index in [1.54, 1.807) is 12.1 Å². The zero-order valence-corrected chi connectivity index (χ0v) is 11.6. The predicted octanol–water partition coefficient (Wildman–Crippen LogP) is -0.315. The third kappa shape index (κ3) is 6.78. The highest BCUT2D eigenvalue weighted by Crippen LogP contribution is 2.11. The van der Waals surface area contributed by atoms with Gasteiger partial charge in [-0.3, -0.25) is 4.79 Å². The molecule has 0 saturated heterocycles. The lowest BCUT2D eigenvalue weighted by atomic mass is 10.2. The zero-order chi connectivity index (χ0) is 14.3. The van der Waals surface area contributed by atoms with Crippen LogP contribution in [0.4, 0.5) is 0 Å². The summed E-state index contributed by atoms with van der Waals surface area (Å²) in [5.41, 5.74) is 6.43. The number of sulfone groups is 1. The summed E-state index contributed by atoms with van der Waals surface area (Å²) in [6.45, 7) is 0.394. The first kappa shape index (κ1) is 15.5. The molecule has 0 bridgehead atoms. The van der Waals surface area contributed by atoms with E-state index in [0.29, 0.717) is 12.3 Å². The van der Waals surface area contributed by atoms with E-state index in [4.69, 9.17) is 10.5 Å². The number of carbonyl (C=O) groups excluding carboxylic acids is 1. The number of hydrogen-bond acceptors (Lipinski definition) is 5. The van der Waals surface area contributed by atoms with Crippen molar-refractivity contribution in [2.24, 2.45) is 5.73 Å². The summed E-state index contributed by atoms with van der Waals surface area (Å²) in [4.78, 5) is 11.4. The average molecular weight is 286 g/mol. The van der Waals surface area contributed by atoms with Crippen LogP contribution in [0.1, 0.15) is 5.56 Å². The molecular weight excluding hydrogens is 268 g/mol. The molecule has 0 aliphatic carbocycles. The molecule has 6 nitrogen and oxygen atoms in total. The highest BCUT2D eigenvalue weighted by Gasteiger charge is 2.05. The predicted molar refractivity (Wildman–Crippen MR) is 72.5 cm³/mol. The smallest absolute Gasteiger partial charge is 0.257 e. The number of nitrogens with one attached hydrogen (secondary N) is 1. The Morgan fingerprint density at radius 1 is 1.32 bits per heavy atom. The van der Waals surface area contributed by atoms with Gasteiger partial charge in [0.05, 0.1) is 5.75 Å². The van der Waals surface area contributed by atoms with Crippen LogP contribution in [0.2, 0.25) is 0 Å². The Bertz CT molecular complexity index is 511. The van der Waals surface area contributed by atoms with E-state index in [2.05, 4.69) is 5.32 Å². The van der Waals surface area contributed by atoms with E-state index < -0.39 is 9.84 Å². The molecule has 7 heteroatoms. The van der Waals surface area contributed by atoms with Crippen LogP contribution in [-0.4, -0.2) is 39.5 Å². The number of amides is 1. The quantitative estimate of drug-likeness (QED) is 0.716. The molecule has 0 atom stereocenters. The average Bonchev–Trinajstić information content (AvgIpc) is 2.35. The molecule has 1 aromatic rings. The Hall–Kier alpha value is -1.60. The second-order valence-corrected chi connectivity index (χ2v) is 6.38. The monoisotopic (exact) mass is 286 g/mol. The van der Waals surface area contributed by atoms with Gasteiger partial charge < -0.3 is 15.8 Å². The SMILES string of the molecule is CS(=O)(=O)CCNC(=O)COc1ccc(CN)cc1. The van der Waals surface area contributed by atoms with Gasteiger partial charge in [0, 0.05) is 19.3 Å². The van der Waals surface area contributed by atoms with Crippen molar-refractivity contribution in [3.63, 3.8) is 0 Å². The van der Waals surface area contributed by atoms with Crippen LogP contribution >= 0.6 is 0 Å². The van der Waals surface area contributed by atoms with Crippen LogP contribution in [-0.2, 0) is 21.2 Å². The summed E-state index contributed by atoms with van der Waals surface area (Å²) in [6, 6.07) is 7.09. The lowest BCUT2D eigenvalue weighted by molar-refractivity contribution is -0.122. The zero-order valence-electron chi connectivity index (χ0n) is 10.8. The molecule has 0 unspecified atom stereocenters. The van der Waals surface area contributed by atoms with Crippen molar-refractivity contribution >= 4 is 15.7 Å². The van der Waals surface area contributed by atoms with Crippen molar-refractivity contribution < 1.29 is 17.9 Å². The minimum absolute atomic E-state index is 0.0794. The van der Waals surface area contributed by atoms with Gasteiger partial charge in [0.25, 0.3) is 5.91 Å². The number of nitrogens with two attached hydrogens (primary N) is 1. The molecule has 1 amide bonds. The van der Waals surface area contributed by atoms with E-state index in [1.165, 1.54) is 0 Å². The highest BCUT2D eigenvalue weighted by atomic mass is 32.2. The van der Waals surface area contributed by atoms with Gasteiger partial charge >= 0.3 is 0 Å². The van der Waals surface area contributed by atoms with Crippen LogP contribution in [0.25, 0.3) is 0 Å². The second-order valence-electron chi connectivity index (χ2n) is 4.12. The first-order valence-corrected chi connectivity index (χ1v) is 7.83. The number of hydrogen-bond donors (Lipinski definition) is 2. The summed E-state index contributed by atoms with van der Waals surface area (Å²) < 4.78 is 27.0. The minimum Gasteiger partial charge on any atom is -0.484 e. The second kappa shape index (κ2) is 7.10.